The number of nitrogens with zero attached hydrogens (tertiary/aromatic N) is 1. The van der Waals surface area contributed by atoms with Crippen molar-refractivity contribution in [1.29, 1.82) is 5.26 Å². The Morgan fingerprint density at radius 2 is 1.90 bits per heavy atom. The van der Waals surface area contributed by atoms with Crippen LogP contribution in [0.5, 0.6) is 11.5 Å². The first kappa shape index (κ1) is 15.3. The lowest BCUT2D eigenvalue weighted by Gasteiger charge is -2.07. The first-order valence-electron chi connectivity index (χ1n) is 6.71. The first-order chi connectivity index (χ1) is 10.3. The highest BCUT2D eigenvalue weighted by Gasteiger charge is 1.98. The highest BCUT2D eigenvalue weighted by molar-refractivity contribution is 7.99. The molecule has 0 N–H and O–H groups in total. The van der Waals surface area contributed by atoms with E-state index < -0.39 is 0 Å². The van der Waals surface area contributed by atoms with E-state index in [1.807, 2.05) is 30.3 Å². The van der Waals surface area contributed by atoms with Gasteiger partial charge in [0.1, 0.15) is 11.5 Å². The van der Waals surface area contributed by atoms with E-state index in [4.69, 9.17) is 14.7 Å². The summed E-state index contributed by atoms with van der Waals surface area (Å²) in [6, 6.07) is 17.3. The topological polar surface area (TPSA) is 42.2 Å². The monoisotopic (exact) mass is 299 g/mol. The lowest BCUT2D eigenvalue weighted by molar-refractivity contribution is 0.318. The zero-order valence-electron chi connectivity index (χ0n) is 11.9. The molecule has 0 bridgehead atoms. The third kappa shape index (κ3) is 5.05. The molecule has 0 spiro atoms. The second-order valence-electron chi connectivity index (χ2n) is 4.37. The lowest BCUT2D eigenvalue weighted by atomic mass is 10.2. The molecule has 0 heterocycles. The standard InChI is InChI=1S/C17H17NO2S/c1-19-16-4-2-5-17(12-16)21-11-3-10-20-15-8-6-14(13-18)7-9-15/h2,4-9,12H,3,10-11H2,1H3. The Kier molecular flexibility index (Phi) is 5.99. The maximum Gasteiger partial charge on any atom is 0.119 e. The smallest absolute Gasteiger partial charge is 0.119 e. The first-order valence-corrected chi connectivity index (χ1v) is 7.70. The largest absolute Gasteiger partial charge is 0.497 e. The molecule has 0 aliphatic heterocycles. The maximum atomic E-state index is 8.72. The lowest BCUT2D eigenvalue weighted by Crippen LogP contribution is -1.98. The fourth-order valence-corrected chi connectivity index (χ4v) is 2.63. The van der Waals surface area contributed by atoms with Gasteiger partial charge in [-0.1, -0.05) is 6.07 Å². The van der Waals surface area contributed by atoms with Gasteiger partial charge in [0.15, 0.2) is 0 Å². The molecule has 2 aromatic carbocycles. The van der Waals surface area contributed by atoms with Crippen LogP contribution in [0.2, 0.25) is 0 Å². The summed E-state index contributed by atoms with van der Waals surface area (Å²) < 4.78 is 10.8. The van der Waals surface area contributed by atoms with Crippen LogP contribution >= 0.6 is 11.8 Å². The number of hydrogen-bond acceptors (Lipinski definition) is 4. The van der Waals surface area contributed by atoms with Gasteiger partial charge in [-0.05, 0) is 48.9 Å². The fourth-order valence-electron chi connectivity index (χ4n) is 1.76. The average molecular weight is 299 g/mol. The Bertz CT molecular complexity index is 605. The Morgan fingerprint density at radius 1 is 1.10 bits per heavy atom. The van der Waals surface area contributed by atoms with Gasteiger partial charge in [0.25, 0.3) is 0 Å². The molecule has 21 heavy (non-hydrogen) atoms. The molecule has 0 aromatic heterocycles. The minimum Gasteiger partial charge on any atom is -0.497 e. The summed E-state index contributed by atoms with van der Waals surface area (Å²) in [5.74, 6) is 2.68. The van der Waals surface area contributed by atoms with Gasteiger partial charge in [0.2, 0.25) is 0 Å². The number of hydrogen-bond donors (Lipinski definition) is 0. The molecule has 0 atom stereocenters. The minimum atomic E-state index is 0.649. The molecule has 0 amide bonds. The Labute approximate surface area is 129 Å². The molecular formula is C17H17NO2S. The summed E-state index contributed by atoms with van der Waals surface area (Å²) >= 11 is 1.79. The summed E-state index contributed by atoms with van der Waals surface area (Å²) in [5.41, 5.74) is 0.649. The SMILES string of the molecule is COc1cccc(SCCCOc2ccc(C#N)cc2)c1. The highest BCUT2D eigenvalue weighted by Crippen LogP contribution is 2.23. The summed E-state index contributed by atoms with van der Waals surface area (Å²) in [6.07, 6.45) is 0.960. The van der Waals surface area contributed by atoms with Gasteiger partial charge < -0.3 is 9.47 Å². The molecule has 0 aliphatic carbocycles. The summed E-state index contributed by atoms with van der Waals surface area (Å²) in [7, 11) is 1.68. The van der Waals surface area contributed by atoms with Crippen molar-refractivity contribution in [2.24, 2.45) is 0 Å². The van der Waals surface area contributed by atoms with E-state index in [0.717, 1.165) is 23.7 Å². The molecule has 2 aromatic rings. The van der Waals surface area contributed by atoms with E-state index in [9.17, 15) is 0 Å². The molecule has 3 nitrogen and oxygen atoms in total. The number of ether oxygens (including phenoxy) is 2. The third-order valence-corrected chi connectivity index (χ3v) is 3.93. The zero-order valence-corrected chi connectivity index (χ0v) is 12.7. The van der Waals surface area contributed by atoms with Crippen LogP contribution in [0, 0.1) is 11.3 Å². The van der Waals surface area contributed by atoms with Crippen molar-refractivity contribution in [2.75, 3.05) is 19.5 Å². The molecule has 108 valence electrons. The Morgan fingerprint density at radius 3 is 2.62 bits per heavy atom. The molecule has 0 fully saturated rings. The van der Waals surface area contributed by atoms with E-state index in [1.54, 1.807) is 31.0 Å². The van der Waals surface area contributed by atoms with Gasteiger partial charge in [-0.2, -0.15) is 5.26 Å². The number of methoxy groups -OCH3 is 1. The van der Waals surface area contributed by atoms with Gasteiger partial charge in [0, 0.05) is 10.6 Å². The van der Waals surface area contributed by atoms with Crippen LogP contribution in [0.1, 0.15) is 12.0 Å². The predicted molar refractivity (Wildman–Crippen MR) is 85.0 cm³/mol. The number of benzene rings is 2. The molecule has 0 unspecified atom stereocenters. The highest BCUT2D eigenvalue weighted by atomic mass is 32.2. The van der Waals surface area contributed by atoms with Crippen molar-refractivity contribution in [3.05, 3.63) is 54.1 Å². The van der Waals surface area contributed by atoms with E-state index in [2.05, 4.69) is 12.1 Å². The molecule has 2 rings (SSSR count). The summed E-state index contributed by atoms with van der Waals surface area (Å²) in [5, 5.41) is 8.72. The van der Waals surface area contributed by atoms with Crippen LogP contribution in [0.3, 0.4) is 0 Å². The van der Waals surface area contributed by atoms with Gasteiger partial charge >= 0.3 is 0 Å². The summed E-state index contributed by atoms with van der Waals surface area (Å²) in [4.78, 5) is 1.20. The second-order valence-corrected chi connectivity index (χ2v) is 5.53. The van der Waals surface area contributed by atoms with Gasteiger partial charge in [-0.15, -0.1) is 11.8 Å². The molecule has 0 aliphatic rings. The molecule has 0 saturated carbocycles. The molecular weight excluding hydrogens is 282 g/mol. The molecule has 0 saturated heterocycles. The van der Waals surface area contributed by atoms with E-state index in [1.165, 1.54) is 4.90 Å². The van der Waals surface area contributed by atoms with Gasteiger partial charge in [-0.3, -0.25) is 0 Å². The maximum absolute atomic E-state index is 8.72. The Balaban J connectivity index is 1.68. The molecule has 0 radical (unpaired) electrons. The van der Waals surface area contributed by atoms with Crippen molar-refractivity contribution >= 4 is 11.8 Å². The van der Waals surface area contributed by atoms with Crippen molar-refractivity contribution in [3.63, 3.8) is 0 Å². The fraction of sp³-hybridized carbons (Fsp3) is 0.235. The van der Waals surface area contributed by atoms with Crippen LogP contribution < -0.4 is 9.47 Å². The number of nitriles is 1. The normalized spacial score (nSPS) is 9.90. The third-order valence-electron chi connectivity index (χ3n) is 2.85. The van der Waals surface area contributed by atoms with Gasteiger partial charge in [-0.25, -0.2) is 0 Å². The van der Waals surface area contributed by atoms with Crippen LogP contribution in [0.4, 0.5) is 0 Å². The van der Waals surface area contributed by atoms with Crippen LogP contribution in [0.15, 0.2) is 53.4 Å². The van der Waals surface area contributed by atoms with Crippen LogP contribution in [-0.2, 0) is 0 Å². The van der Waals surface area contributed by atoms with Crippen molar-refractivity contribution < 1.29 is 9.47 Å². The van der Waals surface area contributed by atoms with Crippen LogP contribution in [-0.4, -0.2) is 19.5 Å². The van der Waals surface area contributed by atoms with Crippen molar-refractivity contribution in [2.45, 2.75) is 11.3 Å². The summed E-state index contributed by atoms with van der Waals surface area (Å²) in [6.45, 7) is 0.670. The van der Waals surface area contributed by atoms with E-state index in [0.29, 0.717) is 12.2 Å². The van der Waals surface area contributed by atoms with E-state index >= 15 is 0 Å². The molecule has 4 heteroatoms. The average Bonchev–Trinajstić information content (AvgIpc) is 2.55. The van der Waals surface area contributed by atoms with E-state index in [-0.39, 0.29) is 0 Å². The quantitative estimate of drug-likeness (QED) is 0.569. The van der Waals surface area contributed by atoms with Crippen molar-refractivity contribution in [3.8, 4) is 17.6 Å². The van der Waals surface area contributed by atoms with Crippen molar-refractivity contribution in [1.82, 2.24) is 0 Å². The Hall–Kier alpha value is -2.12. The second kappa shape index (κ2) is 8.23. The van der Waals surface area contributed by atoms with Crippen LogP contribution in [0.25, 0.3) is 0 Å². The number of rotatable bonds is 7. The van der Waals surface area contributed by atoms with Gasteiger partial charge in [0.05, 0.1) is 25.3 Å². The minimum absolute atomic E-state index is 0.649. The number of thioether (sulfide) groups is 1. The predicted octanol–water partition coefficient (Wildman–Crippen LogP) is 4.13. The zero-order chi connectivity index (χ0) is 14.9.